The Morgan fingerprint density at radius 3 is 2.82 bits per heavy atom. The molecule has 3 rings (SSSR count). The summed E-state index contributed by atoms with van der Waals surface area (Å²) in [5, 5.41) is 5.69. The summed E-state index contributed by atoms with van der Waals surface area (Å²) in [6, 6.07) is 8.97. The minimum Gasteiger partial charge on any atom is -0.326 e. The van der Waals surface area contributed by atoms with Gasteiger partial charge in [0.25, 0.3) is 5.91 Å². The Hall–Kier alpha value is -2.40. The van der Waals surface area contributed by atoms with Gasteiger partial charge in [0, 0.05) is 22.8 Å². The molecular weight excluding hydrogens is 307 g/mol. The lowest BCUT2D eigenvalue weighted by molar-refractivity contribution is -0.116. The molecular formula is C16H12ClFN2O2. The normalized spacial score (nSPS) is 13.3. The standard InChI is InChI=1S/C16H12ClFN2O2/c17-10-2-4-13(18)12(8-10)16(22)19-11-3-5-14-9(7-11)1-6-15(21)20-14/h2-5,7-8H,1,6H2,(H,19,22)(H,20,21). The fraction of sp³-hybridized carbons (Fsp3) is 0.125. The molecule has 1 aliphatic heterocycles. The van der Waals surface area contributed by atoms with Gasteiger partial charge in [0.15, 0.2) is 0 Å². The molecule has 0 saturated heterocycles. The van der Waals surface area contributed by atoms with Gasteiger partial charge in [-0.25, -0.2) is 4.39 Å². The highest BCUT2D eigenvalue weighted by molar-refractivity contribution is 6.31. The molecule has 2 N–H and O–H groups in total. The van der Waals surface area contributed by atoms with Crippen molar-refractivity contribution in [2.75, 3.05) is 10.6 Å². The molecule has 112 valence electrons. The van der Waals surface area contributed by atoms with Crippen LogP contribution < -0.4 is 10.6 Å². The topological polar surface area (TPSA) is 58.2 Å². The predicted molar refractivity (Wildman–Crippen MR) is 82.8 cm³/mol. The Labute approximate surface area is 131 Å². The van der Waals surface area contributed by atoms with Crippen molar-refractivity contribution in [1.29, 1.82) is 0 Å². The molecule has 0 bridgehead atoms. The Morgan fingerprint density at radius 2 is 2.00 bits per heavy atom. The van der Waals surface area contributed by atoms with Crippen molar-refractivity contribution in [2.24, 2.45) is 0 Å². The minimum atomic E-state index is -0.632. The van der Waals surface area contributed by atoms with Crippen LogP contribution in [0.2, 0.25) is 5.02 Å². The van der Waals surface area contributed by atoms with Gasteiger partial charge in [0.05, 0.1) is 5.56 Å². The molecule has 0 aliphatic carbocycles. The highest BCUT2D eigenvalue weighted by Gasteiger charge is 2.17. The van der Waals surface area contributed by atoms with E-state index >= 15 is 0 Å². The van der Waals surface area contributed by atoms with Crippen LogP contribution in [0.15, 0.2) is 36.4 Å². The van der Waals surface area contributed by atoms with E-state index in [1.165, 1.54) is 12.1 Å². The molecule has 4 nitrogen and oxygen atoms in total. The number of anilines is 2. The van der Waals surface area contributed by atoms with E-state index in [2.05, 4.69) is 10.6 Å². The first-order valence-electron chi connectivity index (χ1n) is 6.72. The van der Waals surface area contributed by atoms with Gasteiger partial charge in [-0.1, -0.05) is 11.6 Å². The van der Waals surface area contributed by atoms with E-state index in [4.69, 9.17) is 11.6 Å². The van der Waals surface area contributed by atoms with Crippen molar-refractivity contribution >= 4 is 34.8 Å². The second-order valence-electron chi connectivity index (χ2n) is 5.00. The lowest BCUT2D eigenvalue weighted by Crippen LogP contribution is -2.19. The fourth-order valence-electron chi connectivity index (χ4n) is 2.33. The smallest absolute Gasteiger partial charge is 0.258 e. The Kier molecular flexibility index (Phi) is 3.81. The first kappa shape index (κ1) is 14.5. The molecule has 0 spiro atoms. The van der Waals surface area contributed by atoms with Crippen LogP contribution in [-0.4, -0.2) is 11.8 Å². The van der Waals surface area contributed by atoms with Crippen LogP contribution in [0.3, 0.4) is 0 Å². The van der Waals surface area contributed by atoms with E-state index in [9.17, 15) is 14.0 Å². The molecule has 6 heteroatoms. The fourth-order valence-corrected chi connectivity index (χ4v) is 2.50. The third kappa shape index (κ3) is 2.94. The molecule has 0 fully saturated rings. The van der Waals surface area contributed by atoms with Crippen LogP contribution in [0.4, 0.5) is 15.8 Å². The van der Waals surface area contributed by atoms with Crippen molar-refractivity contribution in [2.45, 2.75) is 12.8 Å². The zero-order valence-electron chi connectivity index (χ0n) is 11.5. The number of carbonyl (C=O) groups excluding carboxylic acids is 2. The van der Waals surface area contributed by atoms with E-state index in [1.54, 1.807) is 18.2 Å². The quantitative estimate of drug-likeness (QED) is 0.888. The van der Waals surface area contributed by atoms with Crippen LogP contribution in [0.25, 0.3) is 0 Å². The number of aryl methyl sites for hydroxylation is 1. The number of hydrogen-bond acceptors (Lipinski definition) is 2. The van der Waals surface area contributed by atoms with Gasteiger partial charge < -0.3 is 10.6 Å². The maximum Gasteiger partial charge on any atom is 0.258 e. The van der Waals surface area contributed by atoms with Crippen molar-refractivity contribution in [1.82, 2.24) is 0 Å². The highest BCUT2D eigenvalue weighted by atomic mass is 35.5. The lowest BCUT2D eigenvalue weighted by atomic mass is 10.0. The van der Waals surface area contributed by atoms with Gasteiger partial charge in [0.1, 0.15) is 5.82 Å². The van der Waals surface area contributed by atoms with Gasteiger partial charge in [-0.2, -0.15) is 0 Å². The largest absolute Gasteiger partial charge is 0.326 e. The Morgan fingerprint density at radius 1 is 1.18 bits per heavy atom. The number of nitrogens with one attached hydrogen (secondary N) is 2. The van der Waals surface area contributed by atoms with Crippen LogP contribution in [0.5, 0.6) is 0 Å². The first-order chi connectivity index (χ1) is 10.5. The summed E-state index contributed by atoms with van der Waals surface area (Å²) >= 11 is 5.79. The number of amides is 2. The van der Waals surface area contributed by atoms with E-state index in [1.807, 2.05) is 0 Å². The summed E-state index contributed by atoms with van der Waals surface area (Å²) < 4.78 is 13.7. The van der Waals surface area contributed by atoms with E-state index in [0.29, 0.717) is 23.6 Å². The number of benzene rings is 2. The SMILES string of the molecule is O=C1CCc2cc(NC(=O)c3cc(Cl)ccc3F)ccc2N1. The van der Waals surface area contributed by atoms with Crippen molar-refractivity contribution in [3.8, 4) is 0 Å². The zero-order chi connectivity index (χ0) is 15.7. The molecule has 1 aliphatic rings. The predicted octanol–water partition coefficient (Wildman–Crippen LogP) is 3.62. The number of carbonyl (C=O) groups is 2. The first-order valence-corrected chi connectivity index (χ1v) is 7.10. The Balaban J connectivity index is 1.83. The summed E-state index contributed by atoms with van der Waals surface area (Å²) in [4.78, 5) is 23.4. The van der Waals surface area contributed by atoms with Gasteiger partial charge in [0.2, 0.25) is 5.91 Å². The summed E-state index contributed by atoms with van der Waals surface area (Å²) in [7, 11) is 0. The number of halogens is 2. The number of fused-ring (bicyclic) bond motifs is 1. The van der Waals surface area contributed by atoms with Gasteiger partial charge in [-0.3, -0.25) is 9.59 Å². The third-order valence-electron chi connectivity index (χ3n) is 3.43. The molecule has 2 aromatic rings. The number of hydrogen-bond donors (Lipinski definition) is 2. The van der Waals surface area contributed by atoms with Crippen LogP contribution in [-0.2, 0) is 11.2 Å². The molecule has 22 heavy (non-hydrogen) atoms. The molecule has 0 saturated carbocycles. The minimum absolute atomic E-state index is 0.0229. The van der Waals surface area contributed by atoms with Crippen LogP contribution >= 0.6 is 11.6 Å². The second-order valence-corrected chi connectivity index (χ2v) is 5.43. The van der Waals surface area contributed by atoms with Crippen molar-refractivity contribution < 1.29 is 14.0 Å². The van der Waals surface area contributed by atoms with Crippen LogP contribution in [0, 0.1) is 5.82 Å². The molecule has 0 atom stereocenters. The second kappa shape index (κ2) is 5.77. The summed E-state index contributed by atoms with van der Waals surface area (Å²) in [5.41, 5.74) is 2.10. The Bertz CT molecular complexity index is 777. The van der Waals surface area contributed by atoms with E-state index < -0.39 is 11.7 Å². The number of rotatable bonds is 2. The molecule has 2 aromatic carbocycles. The molecule has 0 radical (unpaired) electrons. The maximum atomic E-state index is 13.7. The zero-order valence-corrected chi connectivity index (χ0v) is 12.2. The molecule has 1 heterocycles. The van der Waals surface area contributed by atoms with Gasteiger partial charge in [-0.05, 0) is 48.4 Å². The van der Waals surface area contributed by atoms with Gasteiger partial charge in [-0.15, -0.1) is 0 Å². The average Bonchev–Trinajstić information content (AvgIpc) is 2.49. The van der Waals surface area contributed by atoms with Crippen molar-refractivity contribution in [3.63, 3.8) is 0 Å². The van der Waals surface area contributed by atoms with Crippen LogP contribution in [0.1, 0.15) is 22.3 Å². The summed E-state index contributed by atoms with van der Waals surface area (Å²) in [5.74, 6) is -1.22. The molecule has 0 unspecified atom stereocenters. The molecule has 0 aromatic heterocycles. The third-order valence-corrected chi connectivity index (χ3v) is 3.67. The summed E-state index contributed by atoms with van der Waals surface area (Å²) in [6.07, 6.45) is 1.02. The highest BCUT2D eigenvalue weighted by Crippen LogP contribution is 2.26. The van der Waals surface area contributed by atoms with E-state index in [0.717, 1.165) is 17.3 Å². The molecule has 2 amide bonds. The maximum absolute atomic E-state index is 13.7. The van der Waals surface area contributed by atoms with Gasteiger partial charge >= 0.3 is 0 Å². The van der Waals surface area contributed by atoms with Crippen molar-refractivity contribution in [3.05, 3.63) is 58.4 Å². The monoisotopic (exact) mass is 318 g/mol. The summed E-state index contributed by atoms with van der Waals surface area (Å²) in [6.45, 7) is 0. The van der Waals surface area contributed by atoms with E-state index in [-0.39, 0.29) is 11.5 Å². The lowest BCUT2D eigenvalue weighted by Gasteiger charge is -2.17. The average molecular weight is 319 g/mol.